The maximum absolute atomic E-state index is 8.69. The normalized spacial score (nSPS) is 13.0. The van der Waals surface area contributed by atoms with E-state index in [4.69, 9.17) is 14.2 Å². The third kappa shape index (κ3) is 3.37. The molecule has 0 unspecified atom stereocenters. The second kappa shape index (κ2) is 8.07. The zero-order chi connectivity index (χ0) is 26.2. The van der Waals surface area contributed by atoms with Crippen molar-refractivity contribution in [3.8, 4) is 0 Å². The molecule has 0 spiro atoms. The quantitative estimate of drug-likeness (QED) is 0.142. The van der Waals surface area contributed by atoms with E-state index in [1.54, 1.807) is 0 Å². The van der Waals surface area contributed by atoms with E-state index in [1.165, 1.54) is 26.9 Å². The van der Waals surface area contributed by atoms with Gasteiger partial charge in [0.05, 0.1) is 0 Å². The first-order valence-corrected chi connectivity index (χ1v) is 13.1. The summed E-state index contributed by atoms with van der Waals surface area (Å²) in [4.78, 5) is 0. The molecule has 1 radical (unpaired) electrons. The second-order valence-corrected chi connectivity index (χ2v) is 11.3. The Hall–Kier alpha value is -3.86. The lowest BCUT2D eigenvalue weighted by Crippen LogP contribution is -2.49. The molecule has 7 aromatic rings. The van der Waals surface area contributed by atoms with Crippen LogP contribution in [0.5, 0.6) is 0 Å². The maximum Gasteiger partial charge on any atom is 0.332 e. The summed E-state index contributed by atoms with van der Waals surface area (Å²) in [6, 6.07) is 32.1. The van der Waals surface area contributed by atoms with Crippen LogP contribution in [0.3, 0.4) is 0 Å². The summed E-state index contributed by atoms with van der Waals surface area (Å²) in [5.74, 6) is 0. The van der Waals surface area contributed by atoms with Crippen LogP contribution >= 0.6 is 0 Å². The summed E-state index contributed by atoms with van der Waals surface area (Å²) >= 11 is 0. The van der Waals surface area contributed by atoms with Crippen molar-refractivity contribution in [3.05, 3.63) is 91.0 Å². The van der Waals surface area contributed by atoms with Crippen LogP contribution in [0.4, 0.5) is 0 Å². The lowest BCUT2D eigenvalue weighted by molar-refractivity contribution is -0.0892. The fraction of sp³-hybridized carbons (Fsp3) is 0.176. The zero-order valence-electron chi connectivity index (χ0n) is 22.1. The Morgan fingerprint density at radius 2 is 1.16 bits per heavy atom. The highest BCUT2D eigenvalue weighted by Gasteiger charge is 2.41. The molecule has 4 heteroatoms. The van der Waals surface area contributed by atoms with Gasteiger partial charge in [-0.2, -0.15) is 0 Å². The van der Waals surface area contributed by atoms with Gasteiger partial charge in [0, 0.05) is 24.6 Å². The predicted octanol–water partition coefficient (Wildman–Crippen LogP) is 7.74. The smallest absolute Gasteiger partial charge is 0.332 e. The molecule has 0 atom stereocenters. The van der Waals surface area contributed by atoms with Crippen molar-refractivity contribution in [1.29, 1.82) is 0 Å². The third-order valence-corrected chi connectivity index (χ3v) is 8.35. The van der Waals surface area contributed by atoms with Gasteiger partial charge >= 0.3 is 7.48 Å². The Labute approximate surface area is 221 Å². The van der Waals surface area contributed by atoms with Crippen LogP contribution in [0.2, 0.25) is 0 Å². The van der Waals surface area contributed by atoms with Crippen molar-refractivity contribution in [2.75, 3.05) is 0 Å². The first-order chi connectivity index (χ1) is 18.2. The minimum atomic E-state index is -0.795. The summed E-state index contributed by atoms with van der Waals surface area (Å²) < 4.78 is 13.1. The molecule has 0 saturated carbocycles. The molecule has 6 aromatic carbocycles. The van der Waals surface area contributed by atoms with Crippen molar-refractivity contribution >= 4 is 78.0 Å². The van der Waals surface area contributed by atoms with E-state index < -0.39 is 11.2 Å². The molecule has 0 aliphatic carbocycles. The molecule has 185 valence electrons. The standard InChI is InChI=1S/C34H28BO3/c1-33(2,36)34(3,4)38-35-32-30-25-16-10-9-14-23(25)22-13-7-8-15-24(22)26(30)19-29-31(32)27-17-20-11-5-6-12-21(20)18-28(27)37-29/h5-19,36H,1-4H3/p+1. The summed E-state index contributed by atoms with van der Waals surface area (Å²) in [5, 5.41) is 20.2. The van der Waals surface area contributed by atoms with Crippen molar-refractivity contribution < 1.29 is 14.2 Å². The average Bonchev–Trinajstić information content (AvgIpc) is 3.26. The monoisotopic (exact) mass is 496 g/mol. The molecule has 0 saturated heterocycles. The number of rotatable bonds is 4. The Morgan fingerprint density at radius 3 is 1.82 bits per heavy atom. The van der Waals surface area contributed by atoms with Gasteiger partial charge in [-0.05, 0) is 80.6 Å². The SMILES string of the molecule is CC(C)([OH2+])C(C)(C)O[B]c1c2c(cc3c4ccccc4c4ccccc4c13)oc1cc3ccccc3cc12. The van der Waals surface area contributed by atoms with Crippen LogP contribution < -0.4 is 5.46 Å². The molecule has 38 heavy (non-hydrogen) atoms. The molecule has 0 aliphatic rings. The Bertz CT molecular complexity index is 2040. The second-order valence-electron chi connectivity index (χ2n) is 11.3. The van der Waals surface area contributed by atoms with Gasteiger partial charge in [-0.15, -0.1) is 0 Å². The van der Waals surface area contributed by atoms with Gasteiger partial charge in [-0.1, -0.05) is 72.8 Å². The number of hydrogen-bond donors (Lipinski definition) is 0. The summed E-state index contributed by atoms with van der Waals surface area (Å²) in [7, 11) is 1.88. The van der Waals surface area contributed by atoms with E-state index in [9.17, 15) is 0 Å². The van der Waals surface area contributed by atoms with Gasteiger partial charge in [0.2, 0.25) is 0 Å². The number of hydrogen-bond acceptors (Lipinski definition) is 2. The lowest BCUT2D eigenvalue weighted by Gasteiger charge is -2.34. The fourth-order valence-corrected chi connectivity index (χ4v) is 5.52. The van der Waals surface area contributed by atoms with E-state index in [-0.39, 0.29) is 0 Å². The molecule has 2 N–H and O–H groups in total. The fourth-order valence-electron chi connectivity index (χ4n) is 5.52. The molecule has 3 nitrogen and oxygen atoms in total. The molecule has 0 fully saturated rings. The maximum atomic E-state index is 8.69. The van der Waals surface area contributed by atoms with Crippen LogP contribution in [-0.4, -0.2) is 23.8 Å². The molecule has 7 rings (SSSR count). The van der Waals surface area contributed by atoms with Crippen LogP contribution in [0.15, 0.2) is 95.4 Å². The topological polar surface area (TPSA) is 45.3 Å². The van der Waals surface area contributed by atoms with Crippen LogP contribution in [0, 0.1) is 0 Å². The molecule has 0 aliphatic heterocycles. The predicted molar refractivity (Wildman–Crippen MR) is 162 cm³/mol. The Kier molecular flexibility index (Phi) is 4.94. The van der Waals surface area contributed by atoms with Crippen LogP contribution in [0.25, 0.3) is 65.0 Å². The van der Waals surface area contributed by atoms with E-state index in [1.807, 2.05) is 35.2 Å². The van der Waals surface area contributed by atoms with Gasteiger partial charge < -0.3 is 14.2 Å². The van der Waals surface area contributed by atoms with Crippen LogP contribution in [0.1, 0.15) is 27.7 Å². The molecular formula is C34H29BO3+. The minimum Gasteiger partial charge on any atom is -0.456 e. The molecule has 1 aromatic heterocycles. The highest BCUT2D eigenvalue weighted by molar-refractivity contribution is 6.59. The van der Waals surface area contributed by atoms with Gasteiger partial charge in [0.15, 0.2) is 5.60 Å². The van der Waals surface area contributed by atoms with Gasteiger partial charge in [0.1, 0.15) is 16.8 Å². The average molecular weight is 496 g/mol. The van der Waals surface area contributed by atoms with Gasteiger partial charge in [-0.25, -0.2) is 0 Å². The molecule has 1 heterocycles. The molecule has 0 amide bonds. The Morgan fingerprint density at radius 1 is 0.605 bits per heavy atom. The van der Waals surface area contributed by atoms with Crippen molar-refractivity contribution in [2.24, 2.45) is 0 Å². The molecular weight excluding hydrogens is 467 g/mol. The first-order valence-electron chi connectivity index (χ1n) is 13.1. The summed E-state index contributed by atoms with van der Waals surface area (Å²) in [5.41, 5.74) is 1.18. The van der Waals surface area contributed by atoms with Crippen molar-refractivity contribution in [2.45, 2.75) is 38.9 Å². The third-order valence-electron chi connectivity index (χ3n) is 8.35. The summed E-state index contributed by atoms with van der Waals surface area (Å²) in [6.07, 6.45) is 0. The van der Waals surface area contributed by atoms with Crippen LogP contribution in [-0.2, 0) is 4.65 Å². The van der Waals surface area contributed by atoms with E-state index in [0.29, 0.717) is 0 Å². The van der Waals surface area contributed by atoms with E-state index >= 15 is 0 Å². The highest BCUT2D eigenvalue weighted by Crippen LogP contribution is 2.39. The Balaban J connectivity index is 1.67. The number of furan rings is 1. The van der Waals surface area contributed by atoms with Crippen molar-refractivity contribution in [3.63, 3.8) is 0 Å². The van der Waals surface area contributed by atoms with Gasteiger partial charge in [-0.3, -0.25) is 0 Å². The largest absolute Gasteiger partial charge is 0.456 e. The number of benzene rings is 6. The first kappa shape index (κ1) is 23.3. The van der Waals surface area contributed by atoms with Crippen molar-refractivity contribution in [1.82, 2.24) is 0 Å². The minimum absolute atomic E-state index is 0.708. The van der Waals surface area contributed by atoms with Gasteiger partial charge in [0.25, 0.3) is 0 Å². The summed E-state index contributed by atoms with van der Waals surface area (Å²) in [6.45, 7) is 7.74. The lowest BCUT2D eigenvalue weighted by atomic mass is 9.76. The van der Waals surface area contributed by atoms with E-state index in [2.05, 4.69) is 91.0 Å². The number of fused-ring (bicyclic) bond motifs is 10. The zero-order valence-corrected chi connectivity index (χ0v) is 22.1. The van der Waals surface area contributed by atoms with E-state index in [0.717, 1.165) is 43.6 Å². The highest BCUT2D eigenvalue weighted by atomic mass is 16.5. The molecule has 0 bridgehead atoms.